The maximum absolute atomic E-state index is 12.9. The second kappa shape index (κ2) is 8.86. The fraction of sp³-hybridized carbons (Fsp3) is 0.381. The molecule has 0 bridgehead atoms. The number of ether oxygens (including phenoxy) is 2. The van der Waals surface area contributed by atoms with Crippen molar-refractivity contribution in [3.05, 3.63) is 53.6 Å². The summed E-state index contributed by atoms with van der Waals surface area (Å²) in [5.74, 6) is 1.21. The van der Waals surface area contributed by atoms with Crippen molar-refractivity contribution in [1.82, 2.24) is 9.62 Å². The third kappa shape index (κ3) is 4.27. The van der Waals surface area contributed by atoms with E-state index in [0.29, 0.717) is 17.9 Å². The molecular formula is C21H26N2O4S. The molecule has 150 valence electrons. The average molecular weight is 403 g/mol. The predicted octanol–water partition coefficient (Wildman–Crippen LogP) is 2.81. The number of rotatable bonds is 6. The van der Waals surface area contributed by atoms with Gasteiger partial charge in [0.15, 0.2) is 11.5 Å². The second-order valence-electron chi connectivity index (χ2n) is 6.83. The Labute approximate surface area is 170 Å². The number of amides is 1. The lowest BCUT2D eigenvalue weighted by Crippen LogP contribution is -2.49. The molecule has 2 aromatic carbocycles. The number of aliphatic hydroxyl groups is 1. The molecule has 1 aliphatic rings. The van der Waals surface area contributed by atoms with Crippen molar-refractivity contribution in [3.63, 3.8) is 0 Å². The molecule has 0 aliphatic carbocycles. The van der Waals surface area contributed by atoms with Gasteiger partial charge in [-0.1, -0.05) is 30.3 Å². The summed E-state index contributed by atoms with van der Waals surface area (Å²) < 4.78 is 12.7. The van der Waals surface area contributed by atoms with E-state index in [1.807, 2.05) is 60.7 Å². The van der Waals surface area contributed by atoms with Gasteiger partial charge in [0.25, 0.3) is 0 Å². The van der Waals surface area contributed by atoms with E-state index in [4.69, 9.17) is 9.47 Å². The lowest BCUT2D eigenvalue weighted by molar-refractivity contribution is -0.126. The van der Waals surface area contributed by atoms with Gasteiger partial charge in [0.2, 0.25) is 5.91 Å². The van der Waals surface area contributed by atoms with Gasteiger partial charge in [-0.3, -0.25) is 4.79 Å². The molecule has 1 heterocycles. The van der Waals surface area contributed by atoms with E-state index in [0.717, 1.165) is 16.0 Å². The van der Waals surface area contributed by atoms with Gasteiger partial charge in [-0.05, 0) is 55.6 Å². The number of nitrogens with zero attached hydrogens (tertiary/aromatic N) is 1. The Bertz CT molecular complexity index is 831. The Morgan fingerprint density at radius 1 is 1.21 bits per heavy atom. The molecule has 2 N–H and O–H groups in total. The van der Waals surface area contributed by atoms with Gasteiger partial charge < -0.3 is 19.9 Å². The first kappa shape index (κ1) is 20.5. The first-order chi connectivity index (χ1) is 13.4. The fourth-order valence-corrected chi connectivity index (χ4v) is 4.33. The molecule has 1 amide bonds. The summed E-state index contributed by atoms with van der Waals surface area (Å²) in [6, 6.07) is 12.5. The van der Waals surface area contributed by atoms with Crippen LogP contribution < -0.4 is 14.8 Å². The van der Waals surface area contributed by atoms with Crippen LogP contribution in [0.5, 0.6) is 11.5 Å². The van der Waals surface area contributed by atoms with Crippen molar-refractivity contribution in [2.24, 2.45) is 0 Å². The summed E-state index contributed by atoms with van der Waals surface area (Å²) in [6.45, 7) is 1.81. The number of fused-ring (bicyclic) bond motifs is 1. The third-order valence-electron chi connectivity index (χ3n) is 4.95. The van der Waals surface area contributed by atoms with E-state index in [1.165, 1.54) is 11.9 Å². The van der Waals surface area contributed by atoms with Crippen LogP contribution in [0.15, 0.2) is 47.4 Å². The number of carbonyl (C=O) groups is 1. The molecular weight excluding hydrogens is 376 g/mol. The van der Waals surface area contributed by atoms with E-state index >= 15 is 0 Å². The molecule has 0 aromatic heterocycles. The van der Waals surface area contributed by atoms with Gasteiger partial charge in [0, 0.05) is 4.90 Å². The lowest BCUT2D eigenvalue weighted by atomic mass is 10.0. The summed E-state index contributed by atoms with van der Waals surface area (Å²) in [7, 11) is 5.10. The lowest BCUT2D eigenvalue weighted by Gasteiger charge is -2.33. The Hall–Kier alpha value is -2.22. The Kier molecular flexibility index (Phi) is 6.49. The maximum Gasteiger partial charge on any atom is 0.238 e. The monoisotopic (exact) mass is 402 g/mol. The van der Waals surface area contributed by atoms with Crippen LogP contribution in [-0.2, 0) is 11.2 Å². The summed E-state index contributed by atoms with van der Waals surface area (Å²) in [4.78, 5) is 14.0. The molecule has 2 aromatic rings. The standard InChI is InChI=1S/C21H26N2O4S/c1-13(20(24)14-8-6-5-7-9-14)22-21(25)16-10-15-11-17(26-3)18(27-4)12-19(15)28-23(16)2/h5-9,11-13,16,20,24H,10H2,1-4H3,(H,22,25)/t13-,16?,20?/m0/s1. The third-order valence-corrected chi connectivity index (χ3v) is 6.07. The van der Waals surface area contributed by atoms with Gasteiger partial charge in [0.05, 0.1) is 26.4 Å². The van der Waals surface area contributed by atoms with Crippen LogP contribution in [0, 0.1) is 0 Å². The SMILES string of the molecule is COc1cc2c(cc1OC)SN(C)C(C(=O)N[C@@H](C)C(O)c1ccccc1)C2. The topological polar surface area (TPSA) is 71.0 Å². The summed E-state index contributed by atoms with van der Waals surface area (Å²) in [6.07, 6.45) is -0.206. The van der Waals surface area contributed by atoms with Crippen LogP contribution in [0.4, 0.5) is 0 Å². The number of hydrogen-bond acceptors (Lipinski definition) is 6. The number of carbonyl (C=O) groups excluding carboxylic acids is 1. The molecule has 0 spiro atoms. The minimum absolute atomic E-state index is 0.113. The molecule has 2 unspecified atom stereocenters. The quantitative estimate of drug-likeness (QED) is 0.724. The molecule has 0 radical (unpaired) electrons. The number of nitrogens with one attached hydrogen (secondary N) is 1. The van der Waals surface area contributed by atoms with Gasteiger partial charge in [-0.15, -0.1) is 0 Å². The Morgan fingerprint density at radius 2 is 1.86 bits per heavy atom. The number of likely N-dealkylation sites (N-methyl/N-ethyl adjacent to an activating group) is 1. The van der Waals surface area contributed by atoms with Crippen LogP contribution >= 0.6 is 11.9 Å². The van der Waals surface area contributed by atoms with Crippen molar-refractivity contribution in [1.29, 1.82) is 0 Å². The minimum Gasteiger partial charge on any atom is -0.493 e. The van der Waals surface area contributed by atoms with Crippen molar-refractivity contribution >= 4 is 17.9 Å². The smallest absolute Gasteiger partial charge is 0.238 e. The second-order valence-corrected chi connectivity index (χ2v) is 8.02. The first-order valence-electron chi connectivity index (χ1n) is 9.13. The van der Waals surface area contributed by atoms with Crippen LogP contribution in [0.2, 0.25) is 0 Å². The van der Waals surface area contributed by atoms with E-state index in [9.17, 15) is 9.90 Å². The van der Waals surface area contributed by atoms with Crippen molar-refractivity contribution in [2.75, 3.05) is 21.3 Å². The average Bonchev–Trinajstić information content (AvgIpc) is 2.72. The predicted molar refractivity (Wildman–Crippen MR) is 110 cm³/mol. The molecule has 3 atom stereocenters. The maximum atomic E-state index is 12.9. The largest absolute Gasteiger partial charge is 0.493 e. The molecule has 6 nitrogen and oxygen atoms in total. The Morgan fingerprint density at radius 3 is 2.50 bits per heavy atom. The van der Waals surface area contributed by atoms with Crippen LogP contribution in [0.1, 0.15) is 24.2 Å². The first-order valence-corrected chi connectivity index (χ1v) is 9.91. The van der Waals surface area contributed by atoms with Crippen molar-refractivity contribution in [2.45, 2.75) is 36.4 Å². The highest BCUT2D eigenvalue weighted by Crippen LogP contribution is 2.40. The number of methoxy groups -OCH3 is 2. The molecule has 3 rings (SSSR count). The van der Waals surface area contributed by atoms with E-state index in [2.05, 4.69) is 5.32 Å². The number of aliphatic hydroxyl groups excluding tert-OH is 1. The highest BCUT2D eigenvalue weighted by molar-refractivity contribution is 7.97. The minimum atomic E-state index is -0.761. The van der Waals surface area contributed by atoms with E-state index in [-0.39, 0.29) is 11.9 Å². The van der Waals surface area contributed by atoms with Crippen molar-refractivity contribution in [3.8, 4) is 11.5 Å². The molecule has 7 heteroatoms. The highest BCUT2D eigenvalue weighted by atomic mass is 32.2. The fourth-order valence-electron chi connectivity index (χ4n) is 3.30. The van der Waals surface area contributed by atoms with Crippen molar-refractivity contribution < 1.29 is 19.4 Å². The van der Waals surface area contributed by atoms with E-state index in [1.54, 1.807) is 14.2 Å². The normalized spacial score (nSPS) is 18.7. The number of hydrogen-bond donors (Lipinski definition) is 2. The molecule has 0 saturated heterocycles. The van der Waals surface area contributed by atoms with Gasteiger partial charge in [-0.25, -0.2) is 4.31 Å². The number of benzene rings is 2. The van der Waals surface area contributed by atoms with Gasteiger partial charge in [0.1, 0.15) is 6.04 Å². The summed E-state index contributed by atoms with van der Waals surface area (Å²) in [5.41, 5.74) is 1.82. The highest BCUT2D eigenvalue weighted by Gasteiger charge is 2.32. The summed E-state index contributed by atoms with van der Waals surface area (Å²) >= 11 is 1.50. The zero-order chi connectivity index (χ0) is 20.3. The molecule has 1 aliphatic heterocycles. The zero-order valence-corrected chi connectivity index (χ0v) is 17.3. The Balaban J connectivity index is 1.72. The molecule has 28 heavy (non-hydrogen) atoms. The van der Waals surface area contributed by atoms with Crippen LogP contribution in [0.3, 0.4) is 0 Å². The zero-order valence-electron chi connectivity index (χ0n) is 16.5. The van der Waals surface area contributed by atoms with Crippen LogP contribution in [-0.4, -0.2) is 48.7 Å². The molecule has 0 saturated carbocycles. The molecule has 0 fully saturated rings. The summed E-state index contributed by atoms with van der Waals surface area (Å²) in [5, 5.41) is 13.5. The van der Waals surface area contributed by atoms with Gasteiger partial charge >= 0.3 is 0 Å². The van der Waals surface area contributed by atoms with Crippen LogP contribution in [0.25, 0.3) is 0 Å². The van der Waals surface area contributed by atoms with Gasteiger partial charge in [-0.2, -0.15) is 0 Å². The van der Waals surface area contributed by atoms with E-state index < -0.39 is 12.1 Å².